The Morgan fingerprint density at radius 1 is 1.20 bits per heavy atom. The number of benzene rings is 1. The summed E-state index contributed by atoms with van der Waals surface area (Å²) in [6.45, 7) is 5.77. The number of nitrogens with one attached hydrogen (secondary N) is 2. The molecule has 2 aromatic rings. The average molecular weight is 405 g/mol. The summed E-state index contributed by atoms with van der Waals surface area (Å²) in [4.78, 5) is 30.6. The number of aryl methyl sites for hydroxylation is 1. The lowest BCUT2D eigenvalue weighted by Crippen LogP contribution is -2.37. The van der Waals surface area contributed by atoms with Crippen LogP contribution in [-0.2, 0) is 9.59 Å². The number of anilines is 1. The summed E-state index contributed by atoms with van der Waals surface area (Å²) in [5.41, 5.74) is 4.03. The smallest absolute Gasteiger partial charge is 0.255 e. The van der Waals surface area contributed by atoms with Crippen LogP contribution < -0.4 is 10.6 Å². The Morgan fingerprint density at radius 2 is 2.00 bits per heavy atom. The van der Waals surface area contributed by atoms with Gasteiger partial charge in [0.25, 0.3) is 5.91 Å². The fourth-order valence-corrected chi connectivity index (χ4v) is 4.28. The Kier molecular flexibility index (Phi) is 5.24. The highest BCUT2D eigenvalue weighted by Gasteiger charge is 2.40. The van der Waals surface area contributed by atoms with Crippen LogP contribution in [0.3, 0.4) is 0 Å². The maximum Gasteiger partial charge on any atom is 0.255 e. The lowest BCUT2D eigenvalue weighted by molar-refractivity contribution is -0.117. The topological polar surface area (TPSA) is 71.1 Å². The lowest BCUT2D eigenvalue weighted by atomic mass is 9.73. The number of Topliss-reactive ketones (excluding diaryl/α,β-unsaturated/α-hetero) is 1. The fraction of sp³-hybridized carbons (Fsp3) is 0.292. The molecule has 2 aliphatic rings. The molecule has 6 heteroatoms. The van der Waals surface area contributed by atoms with Crippen LogP contribution in [0.4, 0.5) is 10.2 Å². The van der Waals surface area contributed by atoms with Crippen molar-refractivity contribution >= 4 is 17.5 Å². The number of dihydropyridines is 1. The zero-order chi connectivity index (χ0) is 21.4. The van der Waals surface area contributed by atoms with Gasteiger partial charge in [0.1, 0.15) is 11.6 Å². The van der Waals surface area contributed by atoms with Gasteiger partial charge >= 0.3 is 0 Å². The van der Waals surface area contributed by atoms with Gasteiger partial charge in [0.15, 0.2) is 5.78 Å². The van der Waals surface area contributed by atoms with Crippen LogP contribution in [0.1, 0.15) is 43.7 Å². The van der Waals surface area contributed by atoms with Crippen LogP contribution in [0.5, 0.6) is 0 Å². The van der Waals surface area contributed by atoms with Gasteiger partial charge in [-0.3, -0.25) is 9.59 Å². The Balaban J connectivity index is 1.79. The number of allylic oxidation sites excluding steroid dienone is 3. The van der Waals surface area contributed by atoms with Crippen molar-refractivity contribution in [3.8, 4) is 0 Å². The van der Waals surface area contributed by atoms with Gasteiger partial charge in [0, 0.05) is 41.1 Å². The molecule has 1 aromatic carbocycles. The highest BCUT2D eigenvalue weighted by atomic mass is 19.1. The number of hydrogen-bond acceptors (Lipinski definition) is 4. The van der Waals surface area contributed by atoms with Crippen LogP contribution in [-0.4, -0.2) is 16.7 Å². The summed E-state index contributed by atoms with van der Waals surface area (Å²) < 4.78 is 14.1. The SMILES string of the molecule is CC1=C(C(=O)Nc2ccc(C)cn2)C(c2cccc(F)c2)C2=C(CC(C)CC2=O)N1. The lowest BCUT2D eigenvalue weighted by Gasteiger charge is -2.36. The van der Waals surface area contributed by atoms with Crippen LogP contribution >= 0.6 is 0 Å². The van der Waals surface area contributed by atoms with Gasteiger partial charge in [-0.15, -0.1) is 0 Å². The van der Waals surface area contributed by atoms with Crippen molar-refractivity contribution in [1.82, 2.24) is 10.3 Å². The molecule has 0 radical (unpaired) electrons. The first-order chi connectivity index (χ1) is 14.3. The molecule has 2 heterocycles. The molecule has 1 aliphatic carbocycles. The molecular formula is C24H24FN3O2. The minimum absolute atomic E-state index is 0.00299. The van der Waals surface area contributed by atoms with Crippen molar-refractivity contribution in [2.45, 2.75) is 39.5 Å². The van der Waals surface area contributed by atoms with E-state index in [2.05, 4.69) is 15.6 Å². The van der Waals surface area contributed by atoms with Crippen molar-refractivity contribution in [2.24, 2.45) is 5.92 Å². The molecule has 1 aromatic heterocycles. The number of nitrogens with zero attached hydrogens (tertiary/aromatic N) is 1. The predicted molar refractivity (Wildman–Crippen MR) is 113 cm³/mol. The molecule has 154 valence electrons. The van der Waals surface area contributed by atoms with Crippen LogP contribution in [0.25, 0.3) is 0 Å². The van der Waals surface area contributed by atoms with Gasteiger partial charge in [-0.2, -0.15) is 0 Å². The van der Waals surface area contributed by atoms with Crippen molar-refractivity contribution in [3.05, 3.63) is 82.1 Å². The molecule has 0 fully saturated rings. The average Bonchev–Trinajstić information content (AvgIpc) is 2.68. The number of aromatic nitrogens is 1. The third-order valence-electron chi connectivity index (χ3n) is 5.61. The Labute approximate surface area is 175 Å². The molecule has 30 heavy (non-hydrogen) atoms. The molecule has 5 nitrogen and oxygen atoms in total. The third kappa shape index (κ3) is 3.77. The van der Waals surface area contributed by atoms with E-state index in [4.69, 9.17) is 0 Å². The molecule has 2 unspecified atom stereocenters. The number of carbonyl (C=O) groups is 2. The molecule has 1 aliphatic heterocycles. The fourth-order valence-electron chi connectivity index (χ4n) is 4.28. The maximum absolute atomic E-state index is 14.1. The zero-order valence-electron chi connectivity index (χ0n) is 17.3. The van der Waals surface area contributed by atoms with E-state index in [0.717, 1.165) is 17.7 Å². The van der Waals surface area contributed by atoms with E-state index in [1.54, 1.807) is 24.4 Å². The van der Waals surface area contributed by atoms with Crippen LogP contribution in [0, 0.1) is 18.7 Å². The van der Waals surface area contributed by atoms with Gasteiger partial charge < -0.3 is 10.6 Å². The molecule has 2 N–H and O–H groups in total. The van der Waals surface area contributed by atoms with E-state index in [1.165, 1.54) is 12.1 Å². The number of halogens is 1. The highest BCUT2D eigenvalue weighted by molar-refractivity contribution is 6.09. The summed E-state index contributed by atoms with van der Waals surface area (Å²) in [6.07, 6.45) is 2.81. The van der Waals surface area contributed by atoms with Crippen molar-refractivity contribution in [3.63, 3.8) is 0 Å². The number of carbonyl (C=O) groups excluding carboxylic acids is 2. The quantitative estimate of drug-likeness (QED) is 0.795. The van der Waals surface area contributed by atoms with Crippen molar-refractivity contribution in [1.29, 1.82) is 0 Å². The second-order valence-electron chi connectivity index (χ2n) is 8.16. The van der Waals surface area contributed by atoms with E-state index in [1.807, 2.05) is 26.8 Å². The number of amides is 1. The molecule has 0 saturated carbocycles. The van der Waals surface area contributed by atoms with E-state index in [9.17, 15) is 14.0 Å². The second kappa shape index (κ2) is 7.86. The maximum atomic E-state index is 14.1. The zero-order valence-corrected chi connectivity index (χ0v) is 17.3. The molecule has 0 spiro atoms. The number of rotatable bonds is 3. The number of ketones is 1. The van der Waals surface area contributed by atoms with Gasteiger partial charge in [-0.25, -0.2) is 9.37 Å². The monoisotopic (exact) mass is 405 g/mol. The molecule has 0 saturated heterocycles. The Morgan fingerprint density at radius 3 is 2.70 bits per heavy atom. The Bertz CT molecular complexity index is 1090. The first-order valence-corrected chi connectivity index (χ1v) is 10.1. The molecule has 1 amide bonds. The molecule has 2 atom stereocenters. The largest absolute Gasteiger partial charge is 0.362 e. The van der Waals surface area contributed by atoms with Gasteiger partial charge in [-0.05, 0) is 55.5 Å². The van der Waals surface area contributed by atoms with Gasteiger partial charge in [0.2, 0.25) is 0 Å². The third-order valence-corrected chi connectivity index (χ3v) is 5.61. The number of pyridine rings is 1. The summed E-state index contributed by atoms with van der Waals surface area (Å²) in [6, 6.07) is 9.72. The minimum Gasteiger partial charge on any atom is -0.362 e. The summed E-state index contributed by atoms with van der Waals surface area (Å²) in [5.74, 6) is -0.741. The van der Waals surface area contributed by atoms with Crippen molar-refractivity contribution < 1.29 is 14.0 Å². The second-order valence-corrected chi connectivity index (χ2v) is 8.16. The molecule has 4 rings (SSSR count). The van der Waals surface area contributed by atoms with E-state index < -0.39 is 11.7 Å². The predicted octanol–water partition coefficient (Wildman–Crippen LogP) is 4.38. The van der Waals surface area contributed by atoms with E-state index in [0.29, 0.717) is 34.6 Å². The van der Waals surface area contributed by atoms with Crippen LogP contribution in [0.2, 0.25) is 0 Å². The van der Waals surface area contributed by atoms with Crippen molar-refractivity contribution in [2.75, 3.05) is 5.32 Å². The van der Waals surface area contributed by atoms with E-state index in [-0.39, 0.29) is 17.6 Å². The van der Waals surface area contributed by atoms with E-state index >= 15 is 0 Å². The number of hydrogen-bond donors (Lipinski definition) is 2. The standard InChI is InChI=1S/C24H24FN3O2/c1-13-7-8-20(26-12-13)28-24(30)21-15(3)27-18-9-14(2)10-19(29)23(18)22(21)16-5-4-6-17(25)11-16/h4-8,11-12,14,22,27H,9-10H2,1-3H3,(H,26,28,30). The van der Waals surface area contributed by atoms with Crippen LogP contribution in [0.15, 0.2) is 65.1 Å². The summed E-state index contributed by atoms with van der Waals surface area (Å²) in [7, 11) is 0. The molecular weight excluding hydrogens is 381 g/mol. The summed E-state index contributed by atoms with van der Waals surface area (Å²) in [5, 5.41) is 6.11. The van der Waals surface area contributed by atoms with Gasteiger partial charge in [0.05, 0.1) is 0 Å². The minimum atomic E-state index is -0.623. The summed E-state index contributed by atoms with van der Waals surface area (Å²) >= 11 is 0. The first-order valence-electron chi connectivity index (χ1n) is 10.1. The molecule has 0 bridgehead atoms. The first kappa shape index (κ1) is 20.0. The normalized spacial score (nSPS) is 21.3. The highest BCUT2D eigenvalue weighted by Crippen LogP contribution is 2.43. The Hall–Kier alpha value is -3.28. The van der Waals surface area contributed by atoms with Gasteiger partial charge in [-0.1, -0.05) is 25.1 Å².